The third kappa shape index (κ3) is 5.50. The maximum atomic E-state index is 5.64. The van der Waals surface area contributed by atoms with Gasteiger partial charge < -0.3 is 10.1 Å². The molecule has 0 unspecified atom stereocenters. The molecule has 3 nitrogen and oxygen atoms in total. The summed E-state index contributed by atoms with van der Waals surface area (Å²) in [5.41, 5.74) is 0.411. The van der Waals surface area contributed by atoms with E-state index in [1.54, 1.807) is 0 Å². The Labute approximate surface area is 94.0 Å². The fourth-order valence-corrected chi connectivity index (χ4v) is 1.83. The third-order valence-electron chi connectivity index (χ3n) is 2.97. The Bertz CT molecular complexity index is 181. The van der Waals surface area contributed by atoms with Crippen molar-refractivity contribution in [3.05, 3.63) is 0 Å². The second-order valence-electron chi connectivity index (χ2n) is 5.89. The van der Waals surface area contributed by atoms with Gasteiger partial charge in [-0.1, -0.05) is 6.92 Å². The molecule has 0 aromatic carbocycles. The van der Waals surface area contributed by atoms with E-state index >= 15 is 0 Å². The SMILES string of the molecule is CC1(CNCOC(C)(C)C)CCNCC1. The molecule has 0 saturated carbocycles. The molecule has 0 aromatic rings. The lowest BCUT2D eigenvalue weighted by atomic mass is 9.81. The van der Waals surface area contributed by atoms with Crippen molar-refractivity contribution < 1.29 is 4.74 Å². The minimum atomic E-state index is -0.0397. The summed E-state index contributed by atoms with van der Waals surface area (Å²) >= 11 is 0. The molecule has 0 radical (unpaired) electrons. The zero-order valence-corrected chi connectivity index (χ0v) is 10.7. The first kappa shape index (κ1) is 12.9. The lowest BCUT2D eigenvalue weighted by Crippen LogP contribution is -2.42. The van der Waals surface area contributed by atoms with Gasteiger partial charge in [-0.25, -0.2) is 0 Å². The van der Waals surface area contributed by atoms with Gasteiger partial charge >= 0.3 is 0 Å². The number of piperidine rings is 1. The zero-order valence-electron chi connectivity index (χ0n) is 10.7. The van der Waals surface area contributed by atoms with Crippen LogP contribution in [0.4, 0.5) is 0 Å². The van der Waals surface area contributed by atoms with Crippen molar-refractivity contribution in [1.82, 2.24) is 10.6 Å². The van der Waals surface area contributed by atoms with Crippen molar-refractivity contribution in [1.29, 1.82) is 0 Å². The predicted octanol–water partition coefficient (Wildman–Crippen LogP) is 1.74. The third-order valence-corrected chi connectivity index (χ3v) is 2.97. The predicted molar refractivity (Wildman–Crippen MR) is 63.9 cm³/mol. The van der Waals surface area contributed by atoms with Crippen molar-refractivity contribution >= 4 is 0 Å². The van der Waals surface area contributed by atoms with Crippen LogP contribution in [0.3, 0.4) is 0 Å². The second kappa shape index (κ2) is 5.28. The molecule has 1 fully saturated rings. The first-order valence-corrected chi connectivity index (χ1v) is 5.97. The maximum Gasteiger partial charge on any atom is 0.0972 e. The molecule has 0 bridgehead atoms. The van der Waals surface area contributed by atoms with Gasteiger partial charge in [0.15, 0.2) is 0 Å². The van der Waals surface area contributed by atoms with E-state index in [1.807, 2.05) is 0 Å². The number of hydrogen-bond donors (Lipinski definition) is 2. The molecule has 90 valence electrons. The zero-order chi connectivity index (χ0) is 11.4. The smallest absolute Gasteiger partial charge is 0.0972 e. The Morgan fingerprint density at radius 2 is 1.87 bits per heavy atom. The number of nitrogens with one attached hydrogen (secondary N) is 2. The summed E-state index contributed by atoms with van der Waals surface area (Å²) < 4.78 is 5.64. The van der Waals surface area contributed by atoms with Gasteiger partial charge in [0.2, 0.25) is 0 Å². The van der Waals surface area contributed by atoms with Crippen molar-refractivity contribution in [3.8, 4) is 0 Å². The minimum absolute atomic E-state index is 0.0397. The molecule has 0 atom stereocenters. The van der Waals surface area contributed by atoms with Crippen LogP contribution < -0.4 is 10.6 Å². The van der Waals surface area contributed by atoms with E-state index in [0.29, 0.717) is 12.1 Å². The highest BCUT2D eigenvalue weighted by atomic mass is 16.5. The fraction of sp³-hybridized carbons (Fsp3) is 1.00. The first-order chi connectivity index (χ1) is 6.91. The molecule has 1 aliphatic heterocycles. The molecule has 0 spiro atoms. The van der Waals surface area contributed by atoms with Gasteiger partial charge in [-0.2, -0.15) is 0 Å². The van der Waals surface area contributed by atoms with Crippen LogP contribution >= 0.6 is 0 Å². The van der Waals surface area contributed by atoms with Crippen LogP contribution in [-0.4, -0.2) is 32.0 Å². The second-order valence-corrected chi connectivity index (χ2v) is 5.89. The maximum absolute atomic E-state index is 5.64. The molecule has 0 aromatic heterocycles. The average molecular weight is 214 g/mol. The van der Waals surface area contributed by atoms with E-state index in [0.717, 1.165) is 19.6 Å². The molecule has 3 heteroatoms. The first-order valence-electron chi connectivity index (χ1n) is 5.97. The highest BCUT2D eigenvalue weighted by Gasteiger charge is 2.26. The molecule has 1 rings (SSSR count). The van der Waals surface area contributed by atoms with E-state index in [4.69, 9.17) is 4.74 Å². The van der Waals surface area contributed by atoms with Gasteiger partial charge in [0.1, 0.15) is 0 Å². The lowest BCUT2D eigenvalue weighted by Gasteiger charge is -2.34. The quantitative estimate of drug-likeness (QED) is 0.552. The number of hydrogen-bond acceptors (Lipinski definition) is 3. The largest absolute Gasteiger partial charge is 0.361 e. The summed E-state index contributed by atoms with van der Waals surface area (Å²) in [6, 6.07) is 0. The Kier molecular flexibility index (Phi) is 4.56. The Balaban J connectivity index is 2.13. The molecule has 15 heavy (non-hydrogen) atoms. The van der Waals surface area contributed by atoms with Crippen molar-refractivity contribution in [3.63, 3.8) is 0 Å². The Morgan fingerprint density at radius 1 is 1.27 bits per heavy atom. The van der Waals surface area contributed by atoms with Crippen molar-refractivity contribution in [2.45, 2.75) is 46.1 Å². The van der Waals surface area contributed by atoms with E-state index in [9.17, 15) is 0 Å². The van der Waals surface area contributed by atoms with Crippen molar-refractivity contribution in [2.24, 2.45) is 5.41 Å². The summed E-state index contributed by atoms with van der Waals surface area (Å²) in [5, 5.41) is 6.80. The average Bonchev–Trinajstić information content (AvgIpc) is 2.12. The monoisotopic (exact) mass is 214 g/mol. The fourth-order valence-electron chi connectivity index (χ4n) is 1.83. The summed E-state index contributed by atoms with van der Waals surface area (Å²) in [6.07, 6.45) is 2.52. The highest BCUT2D eigenvalue weighted by Crippen LogP contribution is 2.26. The van der Waals surface area contributed by atoms with E-state index in [-0.39, 0.29) is 5.60 Å². The standard InChI is InChI=1S/C12H26N2O/c1-11(2,3)15-10-14-9-12(4)5-7-13-8-6-12/h13-14H,5-10H2,1-4H3. The molecule has 1 aliphatic rings. The molecular weight excluding hydrogens is 188 g/mol. The van der Waals surface area contributed by atoms with E-state index < -0.39 is 0 Å². The van der Waals surface area contributed by atoms with Gasteiger partial charge in [-0.05, 0) is 52.1 Å². The normalized spacial score (nSPS) is 21.6. The van der Waals surface area contributed by atoms with Crippen LogP contribution in [0.15, 0.2) is 0 Å². The lowest BCUT2D eigenvalue weighted by molar-refractivity contribution is -0.0174. The topological polar surface area (TPSA) is 33.3 Å². The molecular formula is C12H26N2O. The van der Waals surface area contributed by atoms with Gasteiger partial charge in [-0.3, -0.25) is 5.32 Å². The summed E-state index contributed by atoms with van der Waals surface area (Å²) in [4.78, 5) is 0. The van der Waals surface area contributed by atoms with Crippen LogP contribution in [0.25, 0.3) is 0 Å². The van der Waals surface area contributed by atoms with Crippen LogP contribution in [0.5, 0.6) is 0 Å². The number of ether oxygens (including phenoxy) is 1. The highest BCUT2D eigenvalue weighted by molar-refractivity contribution is 4.82. The molecule has 0 aliphatic carbocycles. The van der Waals surface area contributed by atoms with Gasteiger partial charge in [0, 0.05) is 6.54 Å². The van der Waals surface area contributed by atoms with Crippen LogP contribution in [0, 0.1) is 5.41 Å². The Hall–Kier alpha value is -0.120. The van der Waals surface area contributed by atoms with Crippen LogP contribution in [-0.2, 0) is 4.74 Å². The van der Waals surface area contributed by atoms with Gasteiger partial charge in [0.25, 0.3) is 0 Å². The molecule has 0 amide bonds. The molecule has 2 N–H and O–H groups in total. The van der Waals surface area contributed by atoms with Crippen LogP contribution in [0.1, 0.15) is 40.5 Å². The van der Waals surface area contributed by atoms with Gasteiger partial charge in [-0.15, -0.1) is 0 Å². The Morgan fingerprint density at radius 3 is 2.40 bits per heavy atom. The summed E-state index contributed by atoms with van der Waals surface area (Å²) in [6.45, 7) is 12.6. The van der Waals surface area contributed by atoms with Gasteiger partial charge in [0.05, 0.1) is 12.3 Å². The number of rotatable bonds is 4. The minimum Gasteiger partial charge on any atom is -0.361 e. The summed E-state index contributed by atoms with van der Waals surface area (Å²) in [7, 11) is 0. The summed E-state index contributed by atoms with van der Waals surface area (Å²) in [5.74, 6) is 0. The molecule has 1 saturated heterocycles. The van der Waals surface area contributed by atoms with E-state index in [2.05, 4.69) is 38.3 Å². The van der Waals surface area contributed by atoms with E-state index in [1.165, 1.54) is 12.8 Å². The molecule has 1 heterocycles. The van der Waals surface area contributed by atoms with Crippen LogP contribution in [0.2, 0.25) is 0 Å². The van der Waals surface area contributed by atoms with Crippen molar-refractivity contribution in [2.75, 3.05) is 26.4 Å².